The quantitative estimate of drug-likeness (QED) is 0.776. The molecule has 0 aliphatic rings. The van der Waals surface area contributed by atoms with Crippen LogP contribution in [-0.2, 0) is 16.4 Å². The number of nitriles is 1. The van der Waals surface area contributed by atoms with Gasteiger partial charge in [0, 0.05) is 18.0 Å². The van der Waals surface area contributed by atoms with Crippen LogP contribution in [0, 0.1) is 11.3 Å². The maximum absolute atomic E-state index is 11.2. The Balaban J connectivity index is 2.37. The zero-order valence-corrected chi connectivity index (χ0v) is 12.2. The molecule has 0 saturated heterocycles. The molecule has 0 aliphatic heterocycles. The van der Waals surface area contributed by atoms with E-state index in [1.54, 1.807) is 24.3 Å². The number of aldehydes is 1. The molecule has 0 fully saturated rings. The Hall–Kier alpha value is -2.46. The molecular weight excluding hydrogens is 290 g/mol. The van der Waals surface area contributed by atoms with Crippen molar-refractivity contribution in [2.45, 2.75) is 6.54 Å². The van der Waals surface area contributed by atoms with E-state index in [1.807, 2.05) is 6.07 Å². The van der Waals surface area contributed by atoms with Crippen LogP contribution in [-0.4, -0.2) is 36.5 Å². The molecule has 0 atom stereocenters. The zero-order valence-electron chi connectivity index (χ0n) is 11.4. The molecule has 1 heterocycles. The number of rotatable bonds is 5. The zero-order chi connectivity index (χ0) is 15.5. The number of benzene rings is 1. The van der Waals surface area contributed by atoms with Crippen LogP contribution in [0.3, 0.4) is 0 Å². The first kappa shape index (κ1) is 14.9. The Bertz CT molecular complexity index is 816. The molecular formula is C14H13N3O3S. The van der Waals surface area contributed by atoms with Gasteiger partial charge in [0.2, 0.25) is 0 Å². The number of carbonyl (C=O) groups is 1. The van der Waals surface area contributed by atoms with Crippen LogP contribution in [0.25, 0.3) is 11.3 Å². The number of hydrogen-bond acceptors (Lipinski definition) is 5. The van der Waals surface area contributed by atoms with Gasteiger partial charge in [-0.1, -0.05) is 12.1 Å². The van der Waals surface area contributed by atoms with E-state index in [-0.39, 0.29) is 12.3 Å². The van der Waals surface area contributed by atoms with Crippen LogP contribution in [0.2, 0.25) is 0 Å². The van der Waals surface area contributed by atoms with Gasteiger partial charge in [-0.15, -0.1) is 0 Å². The van der Waals surface area contributed by atoms with Crippen molar-refractivity contribution in [1.29, 1.82) is 5.26 Å². The molecule has 21 heavy (non-hydrogen) atoms. The summed E-state index contributed by atoms with van der Waals surface area (Å²) >= 11 is 0. The molecule has 0 radical (unpaired) electrons. The van der Waals surface area contributed by atoms with Gasteiger partial charge in [-0.25, -0.2) is 8.42 Å². The molecule has 7 heteroatoms. The number of aryl methyl sites for hydroxylation is 1. The number of carbonyl (C=O) groups excluding carboxylic acids is 1. The molecule has 1 aromatic heterocycles. The Morgan fingerprint density at radius 2 is 2.19 bits per heavy atom. The van der Waals surface area contributed by atoms with Crippen molar-refractivity contribution in [3.8, 4) is 17.3 Å². The maximum atomic E-state index is 11.2. The van der Waals surface area contributed by atoms with Gasteiger partial charge in [0.25, 0.3) is 0 Å². The molecule has 0 aliphatic carbocycles. The van der Waals surface area contributed by atoms with Gasteiger partial charge < -0.3 is 0 Å². The van der Waals surface area contributed by atoms with Crippen LogP contribution in [0.1, 0.15) is 15.9 Å². The summed E-state index contributed by atoms with van der Waals surface area (Å²) in [5, 5.41) is 13.1. The molecule has 0 saturated carbocycles. The van der Waals surface area contributed by atoms with E-state index in [9.17, 15) is 13.2 Å². The Kier molecular flexibility index (Phi) is 4.19. The van der Waals surface area contributed by atoms with Gasteiger partial charge in [-0.3, -0.25) is 9.48 Å². The van der Waals surface area contributed by atoms with Crippen LogP contribution in [0.4, 0.5) is 0 Å². The standard InChI is InChI=1S/C14H13N3O3S/c1-21(19,20)6-5-17-9-13(10-18)14(16-17)12-4-2-3-11(7-12)8-15/h2-4,7,9-10H,5-6H2,1H3. The second-order valence-electron chi connectivity index (χ2n) is 4.64. The second kappa shape index (κ2) is 5.89. The Labute approximate surface area is 122 Å². The summed E-state index contributed by atoms with van der Waals surface area (Å²) in [5.41, 5.74) is 1.92. The molecule has 2 rings (SSSR count). The molecule has 108 valence electrons. The third kappa shape index (κ3) is 3.77. The fourth-order valence-electron chi connectivity index (χ4n) is 1.86. The van der Waals surface area contributed by atoms with Crippen LogP contribution < -0.4 is 0 Å². The van der Waals surface area contributed by atoms with Crippen LogP contribution in [0.5, 0.6) is 0 Å². The lowest BCUT2D eigenvalue weighted by atomic mass is 10.1. The fourth-order valence-corrected chi connectivity index (χ4v) is 2.38. The number of hydrogen-bond donors (Lipinski definition) is 0. The highest BCUT2D eigenvalue weighted by Gasteiger charge is 2.12. The predicted molar refractivity (Wildman–Crippen MR) is 77.5 cm³/mol. The lowest BCUT2D eigenvalue weighted by Gasteiger charge is -2.00. The van der Waals surface area contributed by atoms with E-state index < -0.39 is 9.84 Å². The van der Waals surface area contributed by atoms with E-state index in [0.717, 1.165) is 6.26 Å². The Morgan fingerprint density at radius 1 is 1.43 bits per heavy atom. The smallest absolute Gasteiger partial charge is 0.153 e. The van der Waals surface area contributed by atoms with Gasteiger partial charge in [0.15, 0.2) is 6.29 Å². The van der Waals surface area contributed by atoms with E-state index in [4.69, 9.17) is 5.26 Å². The topological polar surface area (TPSA) is 92.8 Å². The fraction of sp³-hybridized carbons (Fsp3) is 0.214. The summed E-state index contributed by atoms with van der Waals surface area (Å²) < 4.78 is 23.8. The first-order valence-corrected chi connectivity index (χ1v) is 8.20. The summed E-state index contributed by atoms with van der Waals surface area (Å²) in [6.45, 7) is 0.178. The van der Waals surface area contributed by atoms with Gasteiger partial charge in [0.05, 0.1) is 29.5 Å². The minimum Gasteiger partial charge on any atom is -0.298 e. The van der Waals surface area contributed by atoms with Crippen LogP contribution >= 0.6 is 0 Å². The van der Waals surface area contributed by atoms with Crippen molar-refractivity contribution in [3.63, 3.8) is 0 Å². The maximum Gasteiger partial charge on any atom is 0.153 e. The summed E-state index contributed by atoms with van der Waals surface area (Å²) in [5.74, 6) is -0.0509. The summed E-state index contributed by atoms with van der Waals surface area (Å²) in [7, 11) is -3.10. The normalized spacial score (nSPS) is 11.0. The van der Waals surface area contributed by atoms with Crippen molar-refractivity contribution in [2.75, 3.05) is 12.0 Å². The SMILES string of the molecule is CS(=O)(=O)CCn1cc(C=O)c(-c2cccc(C#N)c2)n1. The molecule has 0 unspecified atom stereocenters. The molecule has 0 amide bonds. The van der Waals surface area contributed by atoms with Gasteiger partial charge in [-0.2, -0.15) is 10.4 Å². The first-order valence-electron chi connectivity index (χ1n) is 6.14. The number of aromatic nitrogens is 2. The van der Waals surface area contributed by atoms with E-state index in [0.29, 0.717) is 28.7 Å². The molecule has 0 N–H and O–H groups in total. The summed E-state index contributed by atoms with van der Waals surface area (Å²) in [4.78, 5) is 11.1. The lowest BCUT2D eigenvalue weighted by Crippen LogP contribution is -2.11. The Morgan fingerprint density at radius 3 is 2.81 bits per heavy atom. The van der Waals surface area contributed by atoms with E-state index >= 15 is 0 Å². The lowest BCUT2D eigenvalue weighted by molar-refractivity contribution is 0.112. The molecule has 1 aromatic carbocycles. The number of nitrogens with zero attached hydrogens (tertiary/aromatic N) is 3. The number of sulfone groups is 1. The van der Waals surface area contributed by atoms with Crippen molar-refractivity contribution in [3.05, 3.63) is 41.6 Å². The summed E-state index contributed by atoms with van der Waals surface area (Å²) in [6.07, 6.45) is 3.32. The minimum atomic E-state index is -3.10. The van der Waals surface area contributed by atoms with E-state index in [2.05, 4.69) is 5.10 Å². The minimum absolute atomic E-state index is 0.0509. The monoisotopic (exact) mass is 303 g/mol. The van der Waals surface area contributed by atoms with Crippen molar-refractivity contribution in [2.24, 2.45) is 0 Å². The highest BCUT2D eigenvalue weighted by Crippen LogP contribution is 2.21. The third-order valence-corrected chi connectivity index (χ3v) is 3.80. The highest BCUT2D eigenvalue weighted by atomic mass is 32.2. The largest absolute Gasteiger partial charge is 0.298 e. The molecule has 2 aromatic rings. The van der Waals surface area contributed by atoms with E-state index in [1.165, 1.54) is 10.9 Å². The van der Waals surface area contributed by atoms with Gasteiger partial charge in [-0.05, 0) is 12.1 Å². The van der Waals surface area contributed by atoms with Gasteiger partial charge in [0.1, 0.15) is 15.5 Å². The van der Waals surface area contributed by atoms with Crippen molar-refractivity contribution >= 4 is 16.1 Å². The molecule has 0 spiro atoms. The van der Waals surface area contributed by atoms with Crippen molar-refractivity contribution in [1.82, 2.24) is 9.78 Å². The second-order valence-corrected chi connectivity index (χ2v) is 6.90. The predicted octanol–water partition coefficient (Wildman–Crippen LogP) is 1.28. The average molecular weight is 303 g/mol. The van der Waals surface area contributed by atoms with Gasteiger partial charge >= 0.3 is 0 Å². The van der Waals surface area contributed by atoms with Crippen LogP contribution in [0.15, 0.2) is 30.5 Å². The summed E-state index contributed by atoms with van der Waals surface area (Å²) in [6, 6.07) is 8.77. The highest BCUT2D eigenvalue weighted by molar-refractivity contribution is 7.90. The average Bonchev–Trinajstić information content (AvgIpc) is 2.88. The third-order valence-electron chi connectivity index (χ3n) is 2.87. The first-order chi connectivity index (χ1) is 9.93. The molecule has 0 bridgehead atoms. The van der Waals surface area contributed by atoms with Crippen molar-refractivity contribution < 1.29 is 13.2 Å². The molecule has 6 nitrogen and oxygen atoms in total.